The molecule has 0 unspecified atom stereocenters. The van der Waals surface area contributed by atoms with Gasteiger partial charge in [-0.3, -0.25) is 0 Å². The SMILES string of the molecule is CC(C)(C)c1ccc2c(c1)c1cc(C(C)(C)C)ccc1n2-c1ccc(-n2nc(-c3ccccc3)nc2-c2ccccc2)cc1. The molecule has 0 aliphatic rings. The second kappa shape index (κ2) is 10.3. The standard InChI is InChI=1S/C40H38N4/c1-39(2,3)29-17-23-35-33(25-29)34-26-30(40(4,5)6)18-24-36(34)43(35)31-19-21-32(22-20-31)44-38(28-15-11-8-12-16-28)41-37(42-44)27-13-9-7-10-14-27/h7-26H,1-6H3. The predicted molar refractivity (Wildman–Crippen MR) is 184 cm³/mol. The molecule has 0 aliphatic carbocycles. The summed E-state index contributed by atoms with van der Waals surface area (Å²) in [6.07, 6.45) is 0. The Hall–Kier alpha value is -4.96. The molecule has 7 rings (SSSR count). The average Bonchev–Trinajstić information content (AvgIpc) is 3.61. The first kappa shape index (κ1) is 27.8. The molecule has 0 atom stereocenters. The molecule has 5 aromatic carbocycles. The summed E-state index contributed by atoms with van der Waals surface area (Å²) in [7, 11) is 0. The molecule has 4 heteroatoms. The van der Waals surface area contributed by atoms with E-state index < -0.39 is 0 Å². The lowest BCUT2D eigenvalue weighted by Crippen LogP contribution is -2.10. The predicted octanol–water partition coefficient (Wildman–Crippen LogP) is 10.3. The zero-order valence-corrected chi connectivity index (χ0v) is 26.3. The maximum absolute atomic E-state index is 4.98. The van der Waals surface area contributed by atoms with Crippen LogP contribution in [-0.2, 0) is 10.8 Å². The van der Waals surface area contributed by atoms with Crippen molar-refractivity contribution in [1.82, 2.24) is 19.3 Å². The summed E-state index contributed by atoms with van der Waals surface area (Å²) in [5.74, 6) is 1.53. The van der Waals surface area contributed by atoms with E-state index >= 15 is 0 Å². The molecule has 4 nitrogen and oxygen atoms in total. The third-order valence-corrected chi connectivity index (χ3v) is 8.52. The van der Waals surface area contributed by atoms with Gasteiger partial charge in [0.05, 0.1) is 16.7 Å². The van der Waals surface area contributed by atoms with E-state index in [-0.39, 0.29) is 10.8 Å². The lowest BCUT2D eigenvalue weighted by atomic mass is 9.85. The van der Waals surface area contributed by atoms with Crippen molar-refractivity contribution >= 4 is 21.8 Å². The van der Waals surface area contributed by atoms with Crippen LogP contribution in [0.5, 0.6) is 0 Å². The highest BCUT2D eigenvalue weighted by molar-refractivity contribution is 6.09. The minimum absolute atomic E-state index is 0.0682. The van der Waals surface area contributed by atoms with Gasteiger partial charge in [0.1, 0.15) is 0 Å². The fourth-order valence-electron chi connectivity index (χ4n) is 5.95. The van der Waals surface area contributed by atoms with Crippen molar-refractivity contribution < 1.29 is 0 Å². The molecular weight excluding hydrogens is 536 g/mol. The molecule has 0 bridgehead atoms. The van der Waals surface area contributed by atoms with Crippen molar-refractivity contribution in [2.45, 2.75) is 52.4 Å². The monoisotopic (exact) mass is 574 g/mol. The molecule has 0 amide bonds. The van der Waals surface area contributed by atoms with Gasteiger partial charge >= 0.3 is 0 Å². The van der Waals surface area contributed by atoms with Gasteiger partial charge in [-0.25, -0.2) is 9.67 Å². The molecule has 0 N–H and O–H groups in total. The molecule has 2 aromatic heterocycles. The summed E-state index contributed by atoms with van der Waals surface area (Å²) in [5, 5.41) is 7.56. The maximum atomic E-state index is 4.98. The molecule has 0 saturated heterocycles. The van der Waals surface area contributed by atoms with Crippen molar-refractivity contribution in [1.29, 1.82) is 0 Å². The van der Waals surface area contributed by atoms with E-state index in [4.69, 9.17) is 10.1 Å². The van der Waals surface area contributed by atoms with Gasteiger partial charge in [0.2, 0.25) is 0 Å². The summed E-state index contributed by atoms with van der Waals surface area (Å²) in [4.78, 5) is 4.98. The average molecular weight is 575 g/mol. The molecule has 0 aliphatic heterocycles. The summed E-state index contributed by atoms with van der Waals surface area (Å²) >= 11 is 0. The van der Waals surface area contributed by atoms with Crippen LogP contribution < -0.4 is 0 Å². The van der Waals surface area contributed by atoms with Gasteiger partial charge in [-0.2, -0.15) is 0 Å². The summed E-state index contributed by atoms with van der Waals surface area (Å²) in [6.45, 7) is 13.7. The highest BCUT2D eigenvalue weighted by atomic mass is 15.4. The van der Waals surface area contributed by atoms with Crippen molar-refractivity contribution in [2.24, 2.45) is 0 Å². The Labute approximate surface area is 259 Å². The molecule has 0 radical (unpaired) electrons. The Bertz CT molecular complexity index is 2030. The van der Waals surface area contributed by atoms with E-state index in [1.165, 1.54) is 32.9 Å². The maximum Gasteiger partial charge on any atom is 0.182 e. The highest BCUT2D eigenvalue weighted by Crippen LogP contribution is 2.38. The zero-order valence-electron chi connectivity index (χ0n) is 26.3. The van der Waals surface area contributed by atoms with E-state index in [0.717, 1.165) is 28.3 Å². The third-order valence-electron chi connectivity index (χ3n) is 8.52. The molecule has 218 valence electrons. The fourth-order valence-corrected chi connectivity index (χ4v) is 5.95. The minimum atomic E-state index is 0.0682. The fraction of sp³-hybridized carbons (Fsp3) is 0.200. The Morgan fingerprint density at radius 3 is 1.48 bits per heavy atom. The topological polar surface area (TPSA) is 35.6 Å². The number of hydrogen-bond acceptors (Lipinski definition) is 2. The first-order chi connectivity index (χ1) is 21.1. The van der Waals surface area contributed by atoms with Gasteiger partial charge in [0.15, 0.2) is 11.6 Å². The van der Waals surface area contributed by atoms with E-state index in [1.54, 1.807) is 0 Å². The van der Waals surface area contributed by atoms with E-state index in [2.05, 4.69) is 131 Å². The number of benzene rings is 5. The smallest absolute Gasteiger partial charge is 0.182 e. The highest BCUT2D eigenvalue weighted by Gasteiger charge is 2.21. The Balaban J connectivity index is 1.39. The molecule has 0 spiro atoms. The Kier molecular flexibility index (Phi) is 6.55. The second-order valence-corrected chi connectivity index (χ2v) is 13.7. The first-order valence-electron chi connectivity index (χ1n) is 15.4. The van der Waals surface area contributed by atoms with Crippen molar-refractivity contribution in [3.8, 4) is 34.2 Å². The zero-order chi connectivity index (χ0) is 30.6. The number of fused-ring (bicyclic) bond motifs is 3. The Morgan fingerprint density at radius 1 is 0.500 bits per heavy atom. The molecule has 7 aromatic rings. The minimum Gasteiger partial charge on any atom is -0.309 e. The van der Waals surface area contributed by atoms with Crippen molar-refractivity contribution in [3.63, 3.8) is 0 Å². The molecular formula is C40H38N4. The van der Waals surface area contributed by atoms with Crippen LogP contribution in [0.15, 0.2) is 121 Å². The van der Waals surface area contributed by atoms with Crippen LogP contribution in [-0.4, -0.2) is 19.3 Å². The quantitative estimate of drug-likeness (QED) is 0.210. The van der Waals surface area contributed by atoms with Crippen LogP contribution in [0.1, 0.15) is 52.7 Å². The van der Waals surface area contributed by atoms with Gasteiger partial charge in [-0.05, 0) is 70.5 Å². The number of aromatic nitrogens is 4. The lowest BCUT2D eigenvalue weighted by Gasteiger charge is -2.19. The normalized spacial score (nSPS) is 12.3. The number of rotatable bonds is 4. The van der Waals surface area contributed by atoms with Gasteiger partial charge in [0.25, 0.3) is 0 Å². The van der Waals surface area contributed by atoms with Gasteiger partial charge < -0.3 is 4.57 Å². The molecule has 2 heterocycles. The molecule has 0 saturated carbocycles. The van der Waals surface area contributed by atoms with Gasteiger partial charge in [0, 0.05) is 27.6 Å². The van der Waals surface area contributed by atoms with Crippen LogP contribution >= 0.6 is 0 Å². The summed E-state index contributed by atoms with van der Waals surface area (Å²) in [6, 6.07) is 43.0. The van der Waals surface area contributed by atoms with E-state index in [1.807, 2.05) is 41.1 Å². The Morgan fingerprint density at radius 2 is 0.977 bits per heavy atom. The van der Waals surface area contributed by atoms with Crippen LogP contribution in [0.25, 0.3) is 56.0 Å². The van der Waals surface area contributed by atoms with Crippen molar-refractivity contribution in [2.75, 3.05) is 0 Å². The molecule has 44 heavy (non-hydrogen) atoms. The van der Waals surface area contributed by atoms with Gasteiger partial charge in [-0.1, -0.05) is 114 Å². The van der Waals surface area contributed by atoms with Crippen LogP contribution in [0.3, 0.4) is 0 Å². The molecule has 0 fully saturated rings. The summed E-state index contributed by atoms with van der Waals surface area (Å²) < 4.78 is 4.35. The van der Waals surface area contributed by atoms with E-state index in [0.29, 0.717) is 5.82 Å². The van der Waals surface area contributed by atoms with E-state index in [9.17, 15) is 0 Å². The van der Waals surface area contributed by atoms with Crippen LogP contribution in [0.4, 0.5) is 0 Å². The van der Waals surface area contributed by atoms with Crippen molar-refractivity contribution in [3.05, 3.63) is 132 Å². The lowest BCUT2D eigenvalue weighted by molar-refractivity contribution is 0.590. The van der Waals surface area contributed by atoms with Gasteiger partial charge in [-0.15, -0.1) is 5.10 Å². The number of nitrogens with zero attached hydrogens (tertiary/aromatic N) is 4. The van der Waals surface area contributed by atoms with Crippen LogP contribution in [0, 0.1) is 0 Å². The summed E-state index contributed by atoms with van der Waals surface area (Å²) in [5.41, 5.74) is 9.35. The second-order valence-electron chi connectivity index (χ2n) is 13.7. The largest absolute Gasteiger partial charge is 0.309 e. The third kappa shape index (κ3) is 4.90. The van der Waals surface area contributed by atoms with Crippen LogP contribution in [0.2, 0.25) is 0 Å². The number of hydrogen-bond donors (Lipinski definition) is 0. The first-order valence-corrected chi connectivity index (χ1v) is 15.4.